The molecule has 3 heterocycles. The van der Waals surface area contributed by atoms with E-state index in [0.717, 1.165) is 29.4 Å². The molecule has 0 saturated carbocycles. The van der Waals surface area contributed by atoms with Crippen LogP contribution >= 0.6 is 11.8 Å². The summed E-state index contributed by atoms with van der Waals surface area (Å²) < 4.78 is 4.26. The Bertz CT molecular complexity index is 1380. The molecule has 0 saturated heterocycles. The molecule has 1 aliphatic carbocycles. The molecule has 4 aromatic rings. The Morgan fingerprint density at radius 2 is 1.75 bits per heavy atom. The van der Waals surface area contributed by atoms with Crippen molar-refractivity contribution in [1.82, 2.24) is 9.27 Å². The van der Waals surface area contributed by atoms with Crippen LogP contribution in [0.5, 0.6) is 0 Å². The summed E-state index contributed by atoms with van der Waals surface area (Å²) in [5, 5.41) is 0.868. The lowest BCUT2D eigenvalue weighted by molar-refractivity contribution is 0.686. The van der Waals surface area contributed by atoms with Crippen molar-refractivity contribution >= 4 is 40.4 Å². The normalized spacial score (nSPS) is 15.9. The predicted octanol–water partition coefficient (Wildman–Crippen LogP) is 3.10. The van der Waals surface area contributed by atoms with Gasteiger partial charge in [0.15, 0.2) is 0 Å². The van der Waals surface area contributed by atoms with Crippen LogP contribution in [0.2, 0.25) is 0 Å². The van der Waals surface area contributed by atoms with Crippen molar-refractivity contribution in [3.8, 4) is 5.69 Å². The average Bonchev–Trinajstić information content (AvgIpc) is 3.23. The predicted molar refractivity (Wildman–Crippen MR) is 115 cm³/mol. The van der Waals surface area contributed by atoms with Crippen LogP contribution in [0.15, 0.2) is 69.2 Å². The number of aryl methyl sites for hydroxylation is 2. The van der Waals surface area contributed by atoms with Crippen molar-refractivity contribution in [3.05, 3.63) is 76.1 Å². The van der Waals surface area contributed by atoms with Crippen molar-refractivity contribution in [2.75, 3.05) is 0 Å². The molecule has 0 bridgehead atoms. The van der Waals surface area contributed by atoms with Crippen LogP contribution in [0, 0.1) is 0 Å². The first-order valence-electron chi connectivity index (χ1n) is 10.0. The molecule has 1 aromatic heterocycles. The molecule has 28 heavy (non-hydrogen) atoms. The molecule has 3 aliphatic rings. The van der Waals surface area contributed by atoms with Crippen molar-refractivity contribution < 1.29 is 0 Å². The molecular formula is C23H17BN2OS. The Labute approximate surface area is 167 Å². The summed E-state index contributed by atoms with van der Waals surface area (Å²) in [6, 6.07) is 19.3. The Morgan fingerprint density at radius 3 is 2.71 bits per heavy atom. The molecule has 0 amide bonds. The summed E-state index contributed by atoms with van der Waals surface area (Å²) >= 11 is 1.83. The van der Waals surface area contributed by atoms with Gasteiger partial charge in [-0.15, -0.1) is 0 Å². The molecule has 3 aromatic carbocycles. The van der Waals surface area contributed by atoms with Crippen LogP contribution < -0.4 is 16.5 Å². The number of aromatic nitrogens is 2. The molecule has 0 radical (unpaired) electrons. The van der Waals surface area contributed by atoms with Gasteiger partial charge < -0.3 is 4.59 Å². The van der Waals surface area contributed by atoms with Crippen molar-refractivity contribution in [1.29, 1.82) is 0 Å². The van der Waals surface area contributed by atoms with E-state index in [1.54, 1.807) is 0 Å². The van der Waals surface area contributed by atoms with Crippen LogP contribution in [0.4, 0.5) is 0 Å². The Morgan fingerprint density at radius 1 is 0.893 bits per heavy atom. The monoisotopic (exact) mass is 380 g/mol. The fraction of sp³-hybridized carbons (Fsp3) is 0.174. The Kier molecular flexibility index (Phi) is 2.86. The van der Waals surface area contributed by atoms with Gasteiger partial charge in [0.25, 0.3) is 5.56 Å². The molecule has 0 atom stereocenters. The summed E-state index contributed by atoms with van der Waals surface area (Å²) in [5.74, 6) is 0. The first kappa shape index (κ1) is 15.3. The maximum Gasteiger partial charge on any atom is 0.351 e. The fourth-order valence-corrected chi connectivity index (χ4v) is 6.59. The Hall–Kier alpha value is -2.66. The van der Waals surface area contributed by atoms with Crippen LogP contribution in [-0.2, 0) is 12.8 Å². The molecule has 5 heteroatoms. The lowest BCUT2D eigenvalue weighted by atomic mass is 9.51. The van der Waals surface area contributed by atoms with E-state index in [1.807, 2.05) is 16.4 Å². The van der Waals surface area contributed by atoms with Gasteiger partial charge in [-0.3, -0.25) is 4.79 Å². The lowest BCUT2D eigenvalue weighted by Crippen LogP contribution is -2.49. The maximum absolute atomic E-state index is 13.5. The van der Waals surface area contributed by atoms with Gasteiger partial charge in [0, 0.05) is 9.79 Å². The van der Waals surface area contributed by atoms with Gasteiger partial charge >= 0.3 is 6.85 Å². The van der Waals surface area contributed by atoms with Gasteiger partial charge in [0.1, 0.15) is 0 Å². The van der Waals surface area contributed by atoms with Gasteiger partial charge in [-0.05, 0) is 72.0 Å². The highest BCUT2D eigenvalue weighted by Gasteiger charge is 2.43. The largest absolute Gasteiger partial charge is 0.351 e. The lowest BCUT2D eigenvalue weighted by Gasteiger charge is -2.24. The second-order valence-corrected chi connectivity index (χ2v) is 9.08. The van der Waals surface area contributed by atoms with Gasteiger partial charge in [-0.1, -0.05) is 42.1 Å². The number of nitrogens with zero attached hydrogens (tertiary/aromatic N) is 2. The zero-order valence-corrected chi connectivity index (χ0v) is 16.1. The third kappa shape index (κ3) is 1.72. The minimum Gasteiger partial charge on any atom is -0.310 e. The van der Waals surface area contributed by atoms with Crippen molar-refractivity contribution in [2.24, 2.45) is 0 Å². The zero-order chi connectivity index (χ0) is 18.4. The number of rotatable bonds is 0. The van der Waals surface area contributed by atoms with Crippen LogP contribution in [-0.4, -0.2) is 16.1 Å². The number of hydrogen-bond acceptors (Lipinski definition) is 2. The van der Waals surface area contributed by atoms with E-state index in [4.69, 9.17) is 0 Å². The van der Waals surface area contributed by atoms with E-state index in [9.17, 15) is 4.79 Å². The summed E-state index contributed by atoms with van der Waals surface area (Å²) in [7, 11) is 0. The summed E-state index contributed by atoms with van der Waals surface area (Å²) in [4.78, 5) is 16.1. The second kappa shape index (κ2) is 5.23. The van der Waals surface area contributed by atoms with E-state index < -0.39 is 0 Å². The topological polar surface area (TPSA) is 26.9 Å². The van der Waals surface area contributed by atoms with E-state index in [0.29, 0.717) is 0 Å². The first-order valence-corrected chi connectivity index (χ1v) is 10.8. The number of hydrogen-bond donors (Lipinski definition) is 0. The highest BCUT2D eigenvalue weighted by Crippen LogP contribution is 2.36. The standard InChI is InChI=1S/C23H17BN2OS/c27-23-16-13-12-14-6-1-2-7-15(14)22(16)26-24-17-8-3-4-10-19(17)28-20-11-5-9-18(21(20)24)25(23)26/h3-5,8-13H,1-2,6-7H2. The van der Waals surface area contributed by atoms with Gasteiger partial charge in [0.2, 0.25) is 0 Å². The van der Waals surface area contributed by atoms with Gasteiger partial charge in [-0.2, -0.15) is 0 Å². The molecule has 3 nitrogen and oxygen atoms in total. The molecule has 0 unspecified atom stereocenters. The van der Waals surface area contributed by atoms with Crippen molar-refractivity contribution in [3.63, 3.8) is 0 Å². The second-order valence-electron chi connectivity index (χ2n) is 8.00. The minimum absolute atomic E-state index is 0.0854. The maximum atomic E-state index is 13.5. The van der Waals surface area contributed by atoms with E-state index in [2.05, 4.69) is 59.2 Å². The van der Waals surface area contributed by atoms with Crippen molar-refractivity contribution in [2.45, 2.75) is 35.5 Å². The number of benzene rings is 3. The highest BCUT2D eigenvalue weighted by molar-refractivity contribution is 8.00. The van der Waals surface area contributed by atoms with Crippen LogP contribution in [0.3, 0.4) is 0 Å². The zero-order valence-electron chi connectivity index (χ0n) is 15.3. The highest BCUT2D eigenvalue weighted by atomic mass is 32.2. The summed E-state index contributed by atoms with van der Waals surface area (Å²) in [5.41, 5.74) is 7.75. The van der Waals surface area contributed by atoms with E-state index in [-0.39, 0.29) is 12.4 Å². The SMILES string of the molecule is O=c1c2ccc3c(c2n2n1-c1cccc4c1B2c1ccccc1S4)CCCC3. The van der Waals surface area contributed by atoms with E-state index >= 15 is 0 Å². The smallest absolute Gasteiger partial charge is 0.310 e. The van der Waals surface area contributed by atoms with Gasteiger partial charge in [-0.25, -0.2) is 4.68 Å². The van der Waals surface area contributed by atoms with Crippen LogP contribution in [0.25, 0.3) is 16.6 Å². The quantitative estimate of drug-likeness (QED) is 0.379. The minimum atomic E-state index is 0.0854. The molecule has 2 aliphatic heterocycles. The molecule has 7 rings (SSSR count). The Balaban J connectivity index is 1.68. The summed E-state index contributed by atoms with van der Waals surface area (Å²) in [6.07, 6.45) is 4.65. The average molecular weight is 380 g/mol. The summed E-state index contributed by atoms with van der Waals surface area (Å²) in [6.45, 7) is 0.0854. The molecule has 134 valence electrons. The molecular weight excluding hydrogens is 363 g/mol. The third-order valence-corrected chi connectivity index (χ3v) is 7.76. The third-order valence-electron chi connectivity index (χ3n) is 6.59. The molecule has 0 fully saturated rings. The van der Waals surface area contributed by atoms with Crippen LogP contribution in [0.1, 0.15) is 24.0 Å². The number of fused-ring (bicyclic) bond motifs is 9. The first-order chi connectivity index (χ1) is 13.8. The van der Waals surface area contributed by atoms with E-state index in [1.165, 1.54) is 44.7 Å². The van der Waals surface area contributed by atoms with Gasteiger partial charge in [0.05, 0.1) is 16.6 Å². The fourth-order valence-electron chi connectivity index (χ4n) is 5.43. The molecule has 0 N–H and O–H groups in total. The molecule has 0 spiro atoms.